The van der Waals surface area contributed by atoms with Crippen LogP contribution in [0.1, 0.15) is 61.8 Å². The van der Waals surface area contributed by atoms with Gasteiger partial charge in [-0.1, -0.05) is 34.6 Å². The van der Waals surface area contributed by atoms with E-state index in [1.807, 2.05) is 53.5 Å². The molecule has 0 aromatic carbocycles. The van der Waals surface area contributed by atoms with Gasteiger partial charge < -0.3 is 25.6 Å². The Labute approximate surface area is 177 Å². The van der Waals surface area contributed by atoms with E-state index in [1.54, 1.807) is 7.05 Å². The number of ether oxygens (including phenoxy) is 1. The van der Waals surface area contributed by atoms with E-state index < -0.39 is 17.1 Å². The number of nitrogens with zero attached hydrogens (tertiary/aromatic N) is 2. The van der Waals surface area contributed by atoms with Crippen molar-refractivity contribution in [3.05, 3.63) is 0 Å². The zero-order chi connectivity index (χ0) is 22.8. The van der Waals surface area contributed by atoms with E-state index in [1.165, 1.54) is 0 Å². The van der Waals surface area contributed by atoms with Crippen molar-refractivity contribution < 1.29 is 14.3 Å². The number of hydrogen-bond donors (Lipinski definition) is 3. The third kappa shape index (κ3) is 12.2. The third-order valence-electron chi connectivity index (χ3n) is 4.23. The van der Waals surface area contributed by atoms with Crippen LogP contribution < -0.4 is 16.0 Å². The summed E-state index contributed by atoms with van der Waals surface area (Å²) in [5.74, 6) is 1.05. The fourth-order valence-electron chi connectivity index (χ4n) is 2.47. The van der Waals surface area contributed by atoms with Crippen LogP contribution in [0.25, 0.3) is 0 Å². The van der Waals surface area contributed by atoms with Gasteiger partial charge in [0.2, 0.25) is 5.91 Å². The summed E-state index contributed by atoms with van der Waals surface area (Å²) < 4.78 is 5.37. The number of carbonyl (C=O) groups excluding carboxylic acids is 2. The minimum atomic E-state index is -0.517. The molecule has 1 atom stereocenters. The minimum Gasteiger partial charge on any atom is -0.444 e. The first-order chi connectivity index (χ1) is 13.2. The van der Waals surface area contributed by atoms with E-state index in [4.69, 9.17) is 4.74 Å². The van der Waals surface area contributed by atoms with E-state index in [0.717, 1.165) is 12.4 Å². The Morgan fingerprint density at radius 2 is 1.59 bits per heavy atom. The summed E-state index contributed by atoms with van der Waals surface area (Å²) in [6.45, 7) is 17.2. The van der Waals surface area contributed by atoms with Crippen molar-refractivity contribution in [1.29, 1.82) is 0 Å². The zero-order valence-corrected chi connectivity index (χ0v) is 20.1. The molecule has 0 heterocycles. The smallest absolute Gasteiger partial charge is 0.407 e. The number of nitrogens with one attached hydrogen (secondary N) is 3. The summed E-state index contributed by atoms with van der Waals surface area (Å²) >= 11 is 0. The summed E-state index contributed by atoms with van der Waals surface area (Å²) in [6.07, 6.45) is 0.366. The number of guanidine groups is 1. The normalized spacial score (nSPS) is 13.7. The summed E-state index contributed by atoms with van der Waals surface area (Å²) in [5, 5.41) is 9.13. The van der Waals surface area contributed by atoms with Crippen molar-refractivity contribution in [3.8, 4) is 0 Å². The van der Waals surface area contributed by atoms with Crippen LogP contribution in [-0.4, -0.2) is 68.2 Å². The second kappa shape index (κ2) is 11.9. The Morgan fingerprint density at radius 1 is 1.03 bits per heavy atom. The Kier molecular flexibility index (Phi) is 11.1. The van der Waals surface area contributed by atoms with Crippen LogP contribution >= 0.6 is 0 Å². The van der Waals surface area contributed by atoms with E-state index in [0.29, 0.717) is 19.6 Å². The Balaban J connectivity index is 4.51. The first-order valence-electron chi connectivity index (χ1n) is 10.4. The largest absolute Gasteiger partial charge is 0.444 e. The van der Waals surface area contributed by atoms with E-state index >= 15 is 0 Å². The highest BCUT2D eigenvalue weighted by atomic mass is 16.6. The van der Waals surface area contributed by atoms with Crippen molar-refractivity contribution in [2.24, 2.45) is 16.3 Å². The maximum Gasteiger partial charge on any atom is 0.407 e. The molecule has 0 aromatic rings. The molecular weight excluding hydrogens is 370 g/mol. The van der Waals surface area contributed by atoms with Crippen LogP contribution in [0.4, 0.5) is 4.79 Å². The quantitative estimate of drug-likeness (QED) is 0.323. The van der Waals surface area contributed by atoms with Crippen LogP contribution in [0.2, 0.25) is 0 Å². The number of hydrogen-bond acceptors (Lipinski definition) is 4. The van der Waals surface area contributed by atoms with Gasteiger partial charge in [-0.3, -0.25) is 9.79 Å². The molecule has 0 bridgehead atoms. The molecule has 0 saturated heterocycles. The highest BCUT2D eigenvalue weighted by molar-refractivity contribution is 5.81. The number of rotatable bonds is 8. The molecule has 8 heteroatoms. The number of alkyl carbamates (subject to hydrolysis) is 1. The number of aliphatic imine (C=N–C) groups is 1. The molecule has 0 aliphatic heterocycles. The summed E-state index contributed by atoms with van der Waals surface area (Å²) in [4.78, 5) is 30.3. The molecule has 0 saturated carbocycles. The lowest BCUT2D eigenvalue weighted by atomic mass is 9.96. The molecular formula is C21H43N5O3. The fraction of sp³-hybridized carbons (Fsp3) is 0.857. The Hall–Kier alpha value is -1.99. The van der Waals surface area contributed by atoms with Gasteiger partial charge in [0.25, 0.3) is 0 Å². The molecule has 0 aliphatic carbocycles. The van der Waals surface area contributed by atoms with Crippen molar-refractivity contribution in [1.82, 2.24) is 20.9 Å². The monoisotopic (exact) mass is 413 g/mol. The van der Waals surface area contributed by atoms with Gasteiger partial charge in [-0.15, -0.1) is 0 Å². The van der Waals surface area contributed by atoms with Crippen LogP contribution in [0.15, 0.2) is 4.99 Å². The van der Waals surface area contributed by atoms with Gasteiger partial charge in [-0.05, 0) is 33.1 Å². The molecule has 0 fully saturated rings. The Morgan fingerprint density at radius 3 is 2.03 bits per heavy atom. The van der Waals surface area contributed by atoms with E-state index in [9.17, 15) is 9.59 Å². The highest BCUT2D eigenvalue weighted by Crippen LogP contribution is 2.12. The molecule has 0 radical (unpaired) electrons. The van der Waals surface area contributed by atoms with Gasteiger partial charge in [0.05, 0.1) is 0 Å². The van der Waals surface area contributed by atoms with Crippen molar-refractivity contribution in [3.63, 3.8) is 0 Å². The lowest BCUT2D eigenvalue weighted by molar-refractivity contribution is -0.128. The first kappa shape index (κ1) is 27.0. The minimum absolute atomic E-state index is 0.00326. The fourth-order valence-corrected chi connectivity index (χ4v) is 2.47. The molecule has 2 amide bonds. The molecule has 3 N–H and O–H groups in total. The third-order valence-corrected chi connectivity index (χ3v) is 4.23. The number of carbonyl (C=O) groups is 2. The molecule has 0 spiro atoms. The molecule has 0 aliphatic rings. The second-order valence-electron chi connectivity index (χ2n) is 9.69. The average molecular weight is 414 g/mol. The maximum absolute atomic E-state index is 12.1. The molecule has 29 heavy (non-hydrogen) atoms. The van der Waals surface area contributed by atoms with E-state index in [2.05, 4.69) is 34.8 Å². The zero-order valence-electron chi connectivity index (χ0n) is 20.1. The molecule has 1 unspecified atom stereocenters. The lowest BCUT2D eigenvalue weighted by Gasteiger charge is -2.28. The molecule has 170 valence electrons. The van der Waals surface area contributed by atoms with Gasteiger partial charge in [0.1, 0.15) is 5.60 Å². The van der Waals surface area contributed by atoms with Gasteiger partial charge in [-0.25, -0.2) is 4.79 Å². The van der Waals surface area contributed by atoms with Gasteiger partial charge >= 0.3 is 6.09 Å². The van der Waals surface area contributed by atoms with Crippen molar-refractivity contribution >= 4 is 18.0 Å². The summed E-state index contributed by atoms with van der Waals surface area (Å²) in [7, 11) is 3.68. The van der Waals surface area contributed by atoms with Crippen molar-refractivity contribution in [2.75, 3.05) is 33.7 Å². The standard InChI is InChI=1S/C21H43N5O3/c1-15(2)16(25-19(28)29-21(6,7)8)11-14-26(10)18(22-9)24-13-12-23-17(27)20(3,4)5/h15-16H,11-14H2,1-10H3,(H,22,24)(H,23,27)(H,25,28). The van der Waals surface area contributed by atoms with Crippen LogP contribution in [0, 0.1) is 11.3 Å². The van der Waals surface area contributed by atoms with Crippen molar-refractivity contribution in [2.45, 2.75) is 73.5 Å². The van der Waals surface area contributed by atoms with Gasteiger partial charge in [-0.2, -0.15) is 0 Å². The van der Waals surface area contributed by atoms with Crippen LogP contribution in [-0.2, 0) is 9.53 Å². The molecule has 0 aromatic heterocycles. The first-order valence-corrected chi connectivity index (χ1v) is 10.4. The molecule has 0 rings (SSSR count). The maximum atomic E-state index is 12.1. The molecule has 8 nitrogen and oxygen atoms in total. The average Bonchev–Trinajstić information content (AvgIpc) is 2.55. The highest BCUT2D eigenvalue weighted by Gasteiger charge is 2.22. The predicted octanol–water partition coefficient (Wildman–Crippen LogP) is 2.60. The summed E-state index contributed by atoms with van der Waals surface area (Å²) in [5.41, 5.74) is -0.914. The van der Waals surface area contributed by atoms with Gasteiger partial charge in [0, 0.05) is 45.2 Å². The topological polar surface area (TPSA) is 95.1 Å². The summed E-state index contributed by atoms with van der Waals surface area (Å²) in [6, 6.07) is -0.00326. The second-order valence-corrected chi connectivity index (χ2v) is 9.69. The predicted molar refractivity (Wildman–Crippen MR) is 119 cm³/mol. The number of amides is 2. The lowest BCUT2D eigenvalue weighted by Crippen LogP contribution is -2.46. The van der Waals surface area contributed by atoms with Crippen LogP contribution in [0.3, 0.4) is 0 Å². The van der Waals surface area contributed by atoms with Gasteiger partial charge in [0.15, 0.2) is 5.96 Å². The Bertz CT molecular complexity index is 548. The van der Waals surface area contributed by atoms with Crippen LogP contribution in [0.5, 0.6) is 0 Å². The SMILES string of the molecule is CN=C(NCCNC(=O)C(C)(C)C)N(C)CCC(NC(=O)OC(C)(C)C)C(C)C. The van der Waals surface area contributed by atoms with E-state index in [-0.39, 0.29) is 17.9 Å².